The van der Waals surface area contributed by atoms with E-state index in [0.29, 0.717) is 25.3 Å². The maximum absolute atomic E-state index is 12.6. The highest BCUT2D eigenvalue weighted by Crippen LogP contribution is 2.19. The number of ether oxygens (including phenoxy) is 1. The predicted molar refractivity (Wildman–Crippen MR) is 95.7 cm³/mol. The van der Waals surface area contributed by atoms with E-state index in [9.17, 15) is 14.4 Å². The van der Waals surface area contributed by atoms with Crippen LogP contribution in [0.4, 0.5) is 0 Å². The van der Waals surface area contributed by atoms with Crippen molar-refractivity contribution in [2.45, 2.75) is 19.8 Å². The molecule has 1 aromatic rings. The Hall–Kier alpha value is -2.57. The van der Waals surface area contributed by atoms with Gasteiger partial charge in [0.25, 0.3) is 5.91 Å². The van der Waals surface area contributed by atoms with Gasteiger partial charge in [-0.1, -0.05) is 25.1 Å². The normalized spacial score (nSPS) is 18.1. The summed E-state index contributed by atoms with van der Waals surface area (Å²) in [5.74, 6) is -1.47. The number of carboxylic acids is 1. The van der Waals surface area contributed by atoms with Crippen LogP contribution >= 0.6 is 0 Å². The zero-order chi connectivity index (χ0) is 19.1. The Morgan fingerprint density at radius 1 is 1.31 bits per heavy atom. The molecular formula is C19H26N2O5. The van der Waals surface area contributed by atoms with Crippen molar-refractivity contribution in [3.63, 3.8) is 0 Å². The third-order valence-electron chi connectivity index (χ3n) is 4.57. The molecule has 2 atom stereocenters. The van der Waals surface area contributed by atoms with E-state index >= 15 is 0 Å². The van der Waals surface area contributed by atoms with Gasteiger partial charge in [0.05, 0.1) is 11.8 Å². The first-order valence-electron chi connectivity index (χ1n) is 8.82. The van der Waals surface area contributed by atoms with Gasteiger partial charge in [0, 0.05) is 26.7 Å². The van der Waals surface area contributed by atoms with Crippen molar-refractivity contribution in [2.24, 2.45) is 11.8 Å². The Bertz CT molecular complexity index is 634. The van der Waals surface area contributed by atoms with Crippen molar-refractivity contribution in [1.82, 2.24) is 9.80 Å². The minimum absolute atomic E-state index is 0.0587. The summed E-state index contributed by atoms with van der Waals surface area (Å²) in [6, 6.07) is 9.12. The average Bonchev–Trinajstić information content (AvgIpc) is 2.66. The number of carboxylic acid groups (broad SMARTS) is 1. The van der Waals surface area contributed by atoms with Crippen LogP contribution in [0.5, 0.6) is 5.75 Å². The average molecular weight is 362 g/mol. The van der Waals surface area contributed by atoms with Crippen molar-refractivity contribution in [3.8, 4) is 5.75 Å². The van der Waals surface area contributed by atoms with E-state index in [1.807, 2.05) is 18.2 Å². The summed E-state index contributed by atoms with van der Waals surface area (Å²) in [6.45, 7) is 2.63. The zero-order valence-corrected chi connectivity index (χ0v) is 15.3. The van der Waals surface area contributed by atoms with Crippen LogP contribution in [0.15, 0.2) is 30.3 Å². The molecule has 0 saturated carbocycles. The number of nitrogens with zero attached hydrogens (tertiary/aromatic N) is 2. The third-order valence-corrected chi connectivity index (χ3v) is 4.57. The van der Waals surface area contributed by atoms with Gasteiger partial charge >= 0.3 is 5.97 Å². The molecule has 1 aliphatic rings. The van der Waals surface area contributed by atoms with Crippen LogP contribution in [-0.4, -0.2) is 66.0 Å². The van der Waals surface area contributed by atoms with Crippen LogP contribution < -0.4 is 4.74 Å². The number of amides is 2. The molecule has 1 N–H and O–H groups in total. The highest BCUT2D eigenvalue weighted by Gasteiger charge is 2.31. The number of hydrogen-bond donors (Lipinski definition) is 1. The van der Waals surface area contributed by atoms with Gasteiger partial charge < -0.3 is 19.6 Å². The molecule has 0 bridgehead atoms. The molecule has 0 radical (unpaired) electrons. The molecule has 1 aromatic carbocycles. The van der Waals surface area contributed by atoms with Crippen LogP contribution in [0.3, 0.4) is 0 Å². The van der Waals surface area contributed by atoms with E-state index in [2.05, 4.69) is 0 Å². The van der Waals surface area contributed by atoms with Crippen LogP contribution in [-0.2, 0) is 14.4 Å². The second kappa shape index (κ2) is 9.22. The Morgan fingerprint density at radius 3 is 2.65 bits per heavy atom. The lowest BCUT2D eigenvalue weighted by Gasteiger charge is -2.34. The Balaban J connectivity index is 1.86. The molecule has 0 spiro atoms. The Morgan fingerprint density at radius 2 is 2.00 bits per heavy atom. The number of rotatable bonds is 7. The quantitative estimate of drug-likeness (QED) is 0.794. The van der Waals surface area contributed by atoms with Crippen molar-refractivity contribution in [3.05, 3.63) is 30.3 Å². The van der Waals surface area contributed by atoms with Gasteiger partial charge in [-0.25, -0.2) is 0 Å². The molecule has 1 fully saturated rings. The SMILES string of the molecule is CC(CN(C)C(=O)C1CCCN(C(=O)COc2ccccc2)C1)C(=O)O. The van der Waals surface area contributed by atoms with Crippen LogP contribution in [0.1, 0.15) is 19.8 Å². The fourth-order valence-electron chi connectivity index (χ4n) is 3.05. The minimum atomic E-state index is -0.928. The molecule has 26 heavy (non-hydrogen) atoms. The minimum Gasteiger partial charge on any atom is -0.484 e. The number of carbonyl (C=O) groups excluding carboxylic acids is 2. The van der Waals surface area contributed by atoms with E-state index in [1.165, 1.54) is 4.90 Å². The first-order valence-corrected chi connectivity index (χ1v) is 8.82. The van der Waals surface area contributed by atoms with Gasteiger partial charge in [0.2, 0.25) is 5.91 Å². The molecule has 1 aliphatic heterocycles. The van der Waals surface area contributed by atoms with E-state index in [4.69, 9.17) is 9.84 Å². The number of benzene rings is 1. The molecule has 0 aliphatic carbocycles. The first-order chi connectivity index (χ1) is 12.4. The molecule has 1 heterocycles. The zero-order valence-electron chi connectivity index (χ0n) is 15.3. The molecular weight excluding hydrogens is 336 g/mol. The molecule has 0 aromatic heterocycles. The Kier molecular flexibility index (Phi) is 7.00. The first kappa shape index (κ1) is 19.8. The van der Waals surface area contributed by atoms with Gasteiger partial charge in [-0.05, 0) is 25.0 Å². The van der Waals surface area contributed by atoms with Crippen LogP contribution in [0.25, 0.3) is 0 Å². The number of para-hydroxylation sites is 1. The lowest BCUT2D eigenvalue weighted by Crippen LogP contribution is -2.48. The second-order valence-corrected chi connectivity index (χ2v) is 6.74. The van der Waals surface area contributed by atoms with Crippen molar-refractivity contribution < 1.29 is 24.2 Å². The summed E-state index contributed by atoms with van der Waals surface area (Å²) in [5.41, 5.74) is 0. The topological polar surface area (TPSA) is 87.2 Å². The molecule has 2 rings (SSSR count). The summed E-state index contributed by atoms with van der Waals surface area (Å²) < 4.78 is 5.49. The summed E-state index contributed by atoms with van der Waals surface area (Å²) in [4.78, 5) is 39.0. The number of carbonyl (C=O) groups is 3. The number of likely N-dealkylation sites (tertiary alicyclic amines) is 1. The standard InChI is InChI=1S/C19H26N2O5/c1-14(19(24)25)11-20(2)18(23)15-7-6-10-21(12-15)17(22)13-26-16-8-4-3-5-9-16/h3-5,8-9,14-15H,6-7,10-13H2,1-2H3,(H,24,25). The fourth-order valence-corrected chi connectivity index (χ4v) is 3.05. The maximum atomic E-state index is 12.6. The summed E-state index contributed by atoms with van der Waals surface area (Å²) in [7, 11) is 1.61. The van der Waals surface area contributed by atoms with Gasteiger partial charge in [-0.15, -0.1) is 0 Å². The number of hydrogen-bond acceptors (Lipinski definition) is 4. The molecule has 142 valence electrons. The smallest absolute Gasteiger partial charge is 0.308 e. The van der Waals surface area contributed by atoms with Crippen molar-refractivity contribution >= 4 is 17.8 Å². The summed E-state index contributed by atoms with van der Waals surface area (Å²) in [5, 5.41) is 8.99. The molecule has 7 nitrogen and oxygen atoms in total. The highest BCUT2D eigenvalue weighted by atomic mass is 16.5. The summed E-state index contributed by atoms with van der Waals surface area (Å²) >= 11 is 0. The number of aliphatic carboxylic acids is 1. The Labute approximate surface area is 153 Å². The van der Waals surface area contributed by atoms with E-state index in [1.54, 1.807) is 31.0 Å². The van der Waals surface area contributed by atoms with Gasteiger partial charge in [-0.2, -0.15) is 0 Å². The molecule has 1 saturated heterocycles. The largest absolute Gasteiger partial charge is 0.484 e. The number of piperidine rings is 1. The van der Waals surface area contributed by atoms with E-state index in [-0.39, 0.29) is 30.9 Å². The van der Waals surface area contributed by atoms with Crippen LogP contribution in [0, 0.1) is 11.8 Å². The van der Waals surface area contributed by atoms with E-state index < -0.39 is 11.9 Å². The molecule has 7 heteroatoms. The van der Waals surface area contributed by atoms with Gasteiger partial charge in [0.15, 0.2) is 6.61 Å². The van der Waals surface area contributed by atoms with Gasteiger partial charge in [-0.3, -0.25) is 14.4 Å². The highest BCUT2D eigenvalue weighted by molar-refractivity contribution is 5.82. The molecule has 2 amide bonds. The van der Waals surface area contributed by atoms with Gasteiger partial charge in [0.1, 0.15) is 5.75 Å². The van der Waals surface area contributed by atoms with Crippen molar-refractivity contribution in [2.75, 3.05) is 33.3 Å². The second-order valence-electron chi connectivity index (χ2n) is 6.74. The molecule has 2 unspecified atom stereocenters. The third kappa shape index (κ3) is 5.47. The maximum Gasteiger partial charge on any atom is 0.308 e. The van der Waals surface area contributed by atoms with Crippen molar-refractivity contribution in [1.29, 1.82) is 0 Å². The lowest BCUT2D eigenvalue weighted by molar-refractivity contribution is -0.144. The lowest BCUT2D eigenvalue weighted by atomic mass is 9.96. The summed E-state index contributed by atoms with van der Waals surface area (Å²) in [6.07, 6.45) is 1.45. The van der Waals surface area contributed by atoms with Crippen LogP contribution in [0.2, 0.25) is 0 Å². The fraction of sp³-hybridized carbons (Fsp3) is 0.526. The predicted octanol–water partition coefficient (Wildman–Crippen LogP) is 1.48. The van der Waals surface area contributed by atoms with E-state index in [0.717, 1.165) is 6.42 Å². The monoisotopic (exact) mass is 362 g/mol.